The molecular formula is C12H13BrOS2. The molecule has 4 heteroatoms. The highest BCUT2D eigenvalue weighted by molar-refractivity contribution is 9.10. The van der Waals surface area contributed by atoms with Crippen molar-refractivity contribution in [3.63, 3.8) is 0 Å². The molecule has 2 aromatic rings. The van der Waals surface area contributed by atoms with Gasteiger partial charge in [0, 0.05) is 25.5 Å². The third-order valence-electron chi connectivity index (χ3n) is 2.41. The zero-order valence-electron chi connectivity index (χ0n) is 8.94. The minimum absolute atomic E-state index is 0.391. The van der Waals surface area contributed by atoms with Gasteiger partial charge in [0.1, 0.15) is 0 Å². The second kappa shape index (κ2) is 5.45. The van der Waals surface area contributed by atoms with Crippen molar-refractivity contribution in [2.45, 2.75) is 25.9 Å². The Kier molecular flexibility index (Phi) is 4.19. The number of halogens is 1. The van der Waals surface area contributed by atoms with E-state index in [1.54, 1.807) is 22.7 Å². The van der Waals surface area contributed by atoms with E-state index in [0.717, 1.165) is 15.8 Å². The van der Waals surface area contributed by atoms with E-state index < -0.39 is 6.10 Å². The topological polar surface area (TPSA) is 20.2 Å². The summed E-state index contributed by atoms with van der Waals surface area (Å²) in [5.41, 5.74) is 0. The highest BCUT2D eigenvalue weighted by Gasteiger charge is 2.14. The molecule has 0 aliphatic carbocycles. The van der Waals surface area contributed by atoms with Gasteiger partial charge in [0.2, 0.25) is 0 Å². The molecule has 0 radical (unpaired) electrons. The fourth-order valence-corrected chi connectivity index (χ4v) is 4.17. The average Bonchev–Trinajstić information content (AvgIpc) is 2.86. The SMILES string of the molecule is CCc1ccc(CC(O)c2sccc2Br)s1. The molecule has 0 bridgehead atoms. The molecule has 2 heterocycles. The van der Waals surface area contributed by atoms with E-state index in [-0.39, 0.29) is 0 Å². The zero-order chi connectivity index (χ0) is 11.5. The number of aliphatic hydroxyl groups is 1. The maximum absolute atomic E-state index is 10.1. The van der Waals surface area contributed by atoms with Gasteiger partial charge >= 0.3 is 0 Å². The first-order valence-electron chi connectivity index (χ1n) is 5.19. The molecule has 1 atom stereocenters. The Morgan fingerprint density at radius 2 is 2.06 bits per heavy atom. The monoisotopic (exact) mass is 316 g/mol. The second-order valence-corrected chi connectivity index (χ2v) is 6.63. The molecule has 2 rings (SSSR count). The van der Waals surface area contributed by atoms with Crippen LogP contribution in [-0.4, -0.2) is 5.11 Å². The van der Waals surface area contributed by atoms with Gasteiger partial charge < -0.3 is 5.11 Å². The van der Waals surface area contributed by atoms with Crippen LogP contribution >= 0.6 is 38.6 Å². The molecule has 1 nitrogen and oxygen atoms in total. The van der Waals surface area contributed by atoms with Gasteiger partial charge in [0.25, 0.3) is 0 Å². The number of hydrogen-bond acceptors (Lipinski definition) is 3. The quantitative estimate of drug-likeness (QED) is 0.885. The molecule has 0 aliphatic heterocycles. The summed E-state index contributed by atoms with van der Waals surface area (Å²) in [4.78, 5) is 3.66. The molecule has 0 spiro atoms. The molecule has 1 unspecified atom stereocenters. The standard InChI is InChI=1S/C12H13BrOS2/c1-2-8-3-4-9(16-8)7-11(14)12-10(13)5-6-15-12/h3-6,11,14H,2,7H2,1H3. The van der Waals surface area contributed by atoms with Crippen molar-refractivity contribution in [1.82, 2.24) is 0 Å². The normalized spacial score (nSPS) is 12.9. The molecule has 2 aromatic heterocycles. The fraction of sp³-hybridized carbons (Fsp3) is 0.333. The lowest BCUT2D eigenvalue weighted by Gasteiger charge is -2.07. The van der Waals surface area contributed by atoms with Crippen LogP contribution in [0.5, 0.6) is 0 Å². The summed E-state index contributed by atoms with van der Waals surface area (Å²) >= 11 is 6.84. The summed E-state index contributed by atoms with van der Waals surface area (Å²) in [7, 11) is 0. The van der Waals surface area contributed by atoms with Gasteiger partial charge in [-0.3, -0.25) is 0 Å². The Bertz CT molecular complexity index is 461. The van der Waals surface area contributed by atoms with Gasteiger partial charge in [-0.15, -0.1) is 22.7 Å². The number of aryl methyl sites for hydroxylation is 1. The molecule has 0 aliphatic rings. The molecule has 0 aromatic carbocycles. The van der Waals surface area contributed by atoms with Gasteiger partial charge in [-0.25, -0.2) is 0 Å². The largest absolute Gasteiger partial charge is 0.387 e. The third kappa shape index (κ3) is 2.74. The first-order valence-corrected chi connectivity index (χ1v) is 7.68. The molecular weight excluding hydrogens is 304 g/mol. The lowest BCUT2D eigenvalue weighted by molar-refractivity contribution is 0.182. The minimum Gasteiger partial charge on any atom is -0.387 e. The summed E-state index contributed by atoms with van der Waals surface area (Å²) in [6.07, 6.45) is 1.39. The summed E-state index contributed by atoms with van der Waals surface area (Å²) in [5.74, 6) is 0. The number of aliphatic hydroxyl groups excluding tert-OH is 1. The van der Waals surface area contributed by atoms with Crippen LogP contribution < -0.4 is 0 Å². The van der Waals surface area contributed by atoms with Crippen LogP contribution in [0.25, 0.3) is 0 Å². The summed E-state index contributed by atoms with van der Waals surface area (Å²) in [6.45, 7) is 2.15. The fourth-order valence-electron chi connectivity index (χ4n) is 1.55. The first-order chi connectivity index (χ1) is 7.70. The number of rotatable bonds is 4. The van der Waals surface area contributed by atoms with E-state index in [2.05, 4.69) is 35.0 Å². The Labute approximate surface area is 112 Å². The van der Waals surface area contributed by atoms with Crippen molar-refractivity contribution in [2.75, 3.05) is 0 Å². The van der Waals surface area contributed by atoms with Crippen LogP contribution in [-0.2, 0) is 12.8 Å². The van der Waals surface area contributed by atoms with Crippen LogP contribution in [0.3, 0.4) is 0 Å². The van der Waals surface area contributed by atoms with Crippen LogP contribution in [0.2, 0.25) is 0 Å². The minimum atomic E-state index is -0.391. The maximum atomic E-state index is 10.1. The predicted octanol–water partition coefficient (Wildman–Crippen LogP) is 4.41. The van der Waals surface area contributed by atoms with Crippen molar-refractivity contribution in [3.8, 4) is 0 Å². The van der Waals surface area contributed by atoms with E-state index in [1.165, 1.54) is 9.75 Å². The van der Waals surface area contributed by atoms with Crippen LogP contribution in [0.1, 0.15) is 27.7 Å². The first kappa shape index (κ1) is 12.3. The smallest absolute Gasteiger partial charge is 0.0941 e. The van der Waals surface area contributed by atoms with Crippen molar-refractivity contribution < 1.29 is 5.11 Å². The van der Waals surface area contributed by atoms with Gasteiger partial charge in [-0.1, -0.05) is 6.92 Å². The Morgan fingerprint density at radius 3 is 2.62 bits per heavy atom. The van der Waals surface area contributed by atoms with Crippen molar-refractivity contribution in [3.05, 3.63) is 42.7 Å². The van der Waals surface area contributed by atoms with Crippen molar-refractivity contribution >= 4 is 38.6 Å². The molecule has 1 N–H and O–H groups in total. The predicted molar refractivity (Wildman–Crippen MR) is 74.4 cm³/mol. The van der Waals surface area contributed by atoms with E-state index in [1.807, 2.05) is 11.4 Å². The summed E-state index contributed by atoms with van der Waals surface area (Å²) < 4.78 is 1.01. The van der Waals surface area contributed by atoms with E-state index in [4.69, 9.17) is 0 Å². The molecule has 0 saturated heterocycles. The Morgan fingerprint density at radius 1 is 1.31 bits per heavy atom. The zero-order valence-corrected chi connectivity index (χ0v) is 12.2. The third-order valence-corrected chi connectivity index (χ3v) is 5.63. The van der Waals surface area contributed by atoms with Gasteiger partial charge in [0.05, 0.1) is 6.10 Å². The summed E-state index contributed by atoms with van der Waals surface area (Å²) in [5, 5.41) is 12.1. The van der Waals surface area contributed by atoms with E-state index in [0.29, 0.717) is 6.42 Å². The van der Waals surface area contributed by atoms with Crippen LogP contribution in [0.15, 0.2) is 28.1 Å². The van der Waals surface area contributed by atoms with Gasteiger partial charge in [-0.2, -0.15) is 0 Å². The van der Waals surface area contributed by atoms with E-state index >= 15 is 0 Å². The van der Waals surface area contributed by atoms with Crippen molar-refractivity contribution in [2.24, 2.45) is 0 Å². The molecule has 16 heavy (non-hydrogen) atoms. The van der Waals surface area contributed by atoms with Crippen LogP contribution in [0, 0.1) is 0 Å². The highest BCUT2D eigenvalue weighted by Crippen LogP contribution is 2.32. The van der Waals surface area contributed by atoms with Crippen LogP contribution in [0.4, 0.5) is 0 Å². The van der Waals surface area contributed by atoms with E-state index in [9.17, 15) is 5.11 Å². The van der Waals surface area contributed by atoms with Gasteiger partial charge in [-0.05, 0) is 45.9 Å². The molecule has 0 fully saturated rings. The lowest BCUT2D eigenvalue weighted by Crippen LogP contribution is -1.98. The second-order valence-electron chi connectivity index (χ2n) is 3.57. The maximum Gasteiger partial charge on any atom is 0.0941 e. The summed E-state index contributed by atoms with van der Waals surface area (Å²) in [6, 6.07) is 6.25. The van der Waals surface area contributed by atoms with Crippen molar-refractivity contribution in [1.29, 1.82) is 0 Å². The highest BCUT2D eigenvalue weighted by atomic mass is 79.9. The average molecular weight is 317 g/mol. The Balaban J connectivity index is 2.07. The molecule has 0 saturated carbocycles. The number of thiophene rings is 2. The molecule has 0 amide bonds. The lowest BCUT2D eigenvalue weighted by atomic mass is 10.2. The van der Waals surface area contributed by atoms with Gasteiger partial charge in [0.15, 0.2) is 0 Å². The Hall–Kier alpha value is -0.160. The molecule has 86 valence electrons. The number of hydrogen-bond donors (Lipinski definition) is 1.